The molecule has 1 heterocycles. The van der Waals surface area contributed by atoms with E-state index in [4.69, 9.17) is 16.0 Å². The van der Waals surface area contributed by atoms with Crippen molar-refractivity contribution in [3.05, 3.63) is 82.6 Å². The van der Waals surface area contributed by atoms with E-state index >= 15 is 0 Å². The second-order valence-corrected chi connectivity index (χ2v) is 6.26. The van der Waals surface area contributed by atoms with E-state index in [1.54, 1.807) is 6.08 Å². The summed E-state index contributed by atoms with van der Waals surface area (Å²) in [6, 6.07) is 17.1. The molecule has 0 saturated carbocycles. The zero-order valence-electron chi connectivity index (χ0n) is 14.0. The van der Waals surface area contributed by atoms with Crippen molar-refractivity contribution in [3.63, 3.8) is 0 Å². The van der Waals surface area contributed by atoms with Crippen molar-refractivity contribution < 1.29 is 9.21 Å². The molecule has 0 unspecified atom stereocenters. The molecule has 25 heavy (non-hydrogen) atoms. The van der Waals surface area contributed by atoms with Gasteiger partial charge >= 0.3 is 0 Å². The van der Waals surface area contributed by atoms with Crippen LogP contribution in [0.4, 0.5) is 5.69 Å². The summed E-state index contributed by atoms with van der Waals surface area (Å²) in [5.74, 6) is 1.10. The van der Waals surface area contributed by atoms with Crippen LogP contribution < -0.4 is 5.32 Å². The number of halogens is 1. The highest BCUT2D eigenvalue weighted by Crippen LogP contribution is 2.27. The Morgan fingerprint density at radius 3 is 2.52 bits per heavy atom. The maximum Gasteiger partial charge on any atom is 0.248 e. The molecule has 0 fully saturated rings. The molecule has 0 radical (unpaired) electrons. The number of furan rings is 1. The molecule has 1 N–H and O–H groups in total. The Morgan fingerprint density at radius 1 is 1.04 bits per heavy atom. The second kappa shape index (κ2) is 7.41. The molecule has 0 spiro atoms. The van der Waals surface area contributed by atoms with Gasteiger partial charge in [-0.15, -0.1) is 0 Å². The van der Waals surface area contributed by atoms with Gasteiger partial charge in [-0.1, -0.05) is 41.4 Å². The van der Waals surface area contributed by atoms with Crippen molar-refractivity contribution in [2.24, 2.45) is 0 Å². The van der Waals surface area contributed by atoms with Crippen molar-refractivity contribution in [3.8, 4) is 11.3 Å². The summed E-state index contributed by atoms with van der Waals surface area (Å²) in [5, 5.41) is 3.50. The summed E-state index contributed by atoms with van der Waals surface area (Å²) in [6.07, 6.45) is 3.09. The van der Waals surface area contributed by atoms with Crippen LogP contribution in [0.25, 0.3) is 17.4 Å². The molecule has 126 valence electrons. The first-order valence-corrected chi connectivity index (χ1v) is 8.31. The van der Waals surface area contributed by atoms with E-state index < -0.39 is 0 Å². The number of carbonyl (C=O) groups is 1. The number of amides is 1. The zero-order valence-corrected chi connectivity index (χ0v) is 14.8. The maximum absolute atomic E-state index is 12.0. The fourth-order valence-corrected chi connectivity index (χ4v) is 2.50. The predicted octanol–water partition coefficient (Wildman–Crippen LogP) is 5.87. The topological polar surface area (TPSA) is 42.2 Å². The monoisotopic (exact) mass is 351 g/mol. The number of benzene rings is 2. The third-order valence-corrected chi connectivity index (χ3v) is 4.21. The molecule has 0 saturated heterocycles. The first kappa shape index (κ1) is 17.1. The van der Waals surface area contributed by atoms with Gasteiger partial charge in [-0.05, 0) is 55.8 Å². The van der Waals surface area contributed by atoms with E-state index in [9.17, 15) is 4.79 Å². The van der Waals surface area contributed by atoms with Crippen molar-refractivity contribution in [1.82, 2.24) is 0 Å². The number of nitrogens with one attached hydrogen (secondary N) is 1. The number of hydrogen-bond acceptors (Lipinski definition) is 2. The van der Waals surface area contributed by atoms with E-state index in [0.717, 1.165) is 22.4 Å². The van der Waals surface area contributed by atoms with E-state index in [1.165, 1.54) is 6.08 Å². The highest BCUT2D eigenvalue weighted by molar-refractivity contribution is 6.31. The molecular formula is C21H18ClNO2. The SMILES string of the molecule is Cc1ccc(NC(=O)/C=C/c2ccc(-c3ccc(C)c(Cl)c3)o2)cc1. The molecular weight excluding hydrogens is 334 g/mol. The minimum Gasteiger partial charge on any atom is -0.457 e. The summed E-state index contributed by atoms with van der Waals surface area (Å²) in [7, 11) is 0. The molecule has 4 heteroatoms. The summed E-state index contributed by atoms with van der Waals surface area (Å²) < 4.78 is 5.76. The normalized spacial score (nSPS) is 11.0. The van der Waals surface area contributed by atoms with Crippen LogP contribution >= 0.6 is 11.6 Å². The van der Waals surface area contributed by atoms with Crippen molar-refractivity contribution in [2.45, 2.75) is 13.8 Å². The quantitative estimate of drug-likeness (QED) is 0.597. The third kappa shape index (κ3) is 4.40. The molecule has 1 amide bonds. The molecule has 2 aromatic carbocycles. The second-order valence-electron chi connectivity index (χ2n) is 5.85. The predicted molar refractivity (Wildman–Crippen MR) is 103 cm³/mol. The van der Waals surface area contributed by atoms with Gasteiger partial charge in [0.1, 0.15) is 11.5 Å². The molecule has 0 aliphatic carbocycles. The van der Waals surface area contributed by atoms with Crippen LogP contribution in [0.5, 0.6) is 0 Å². The molecule has 0 aliphatic heterocycles. The Kier molecular flexibility index (Phi) is 5.05. The van der Waals surface area contributed by atoms with Gasteiger partial charge in [-0.25, -0.2) is 0 Å². The van der Waals surface area contributed by atoms with E-state index in [1.807, 2.05) is 68.4 Å². The molecule has 0 bridgehead atoms. The van der Waals surface area contributed by atoms with Crippen molar-refractivity contribution in [2.75, 3.05) is 5.32 Å². The molecule has 0 aliphatic rings. The van der Waals surface area contributed by atoms with Crippen LogP contribution in [0.15, 0.2) is 65.1 Å². The summed E-state index contributed by atoms with van der Waals surface area (Å²) in [6.45, 7) is 3.95. The van der Waals surface area contributed by atoms with Gasteiger partial charge in [-0.2, -0.15) is 0 Å². The van der Waals surface area contributed by atoms with Gasteiger partial charge in [-0.3, -0.25) is 4.79 Å². The van der Waals surface area contributed by atoms with E-state index in [2.05, 4.69) is 5.32 Å². The van der Waals surface area contributed by atoms with Crippen LogP contribution in [0.3, 0.4) is 0 Å². The smallest absolute Gasteiger partial charge is 0.248 e. The average molecular weight is 352 g/mol. The standard InChI is InChI=1S/C21H18ClNO2/c1-14-3-7-17(8-4-14)23-21(24)12-10-18-9-11-20(25-18)16-6-5-15(2)19(22)13-16/h3-13H,1-2H3,(H,23,24)/b12-10+. The van der Waals surface area contributed by atoms with Crippen LogP contribution in [0.2, 0.25) is 5.02 Å². The van der Waals surface area contributed by atoms with Crippen molar-refractivity contribution in [1.29, 1.82) is 0 Å². The molecule has 3 rings (SSSR count). The van der Waals surface area contributed by atoms with Gasteiger partial charge in [0.15, 0.2) is 0 Å². The zero-order chi connectivity index (χ0) is 17.8. The van der Waals surface area contributed by atoms with E-state index in [0.29, 0.717) is 16.5 Å². The van der Waals surface area contributed by atoms with Crippen molar-refractivity contribution >= 4 is 29.3 Å². The lowest BCUT2D eigenvalue weighted by atomic mass is 10.1. The summed E-state index contributed by atoms with van der Waals surface area (Å²) >= 11 is 6.15. The Labute approximate surface area is 151 Å². The Balaban J connectivity index is 1.67. The van der Waals surface area contributed by atoms with Gasteiger partial charge in [0.25, 0.3) is 0 Å². The Hall–Kier alpha value is -2.78. The van der Waals surface area contributed by atoms with Gasteiger partial charge < -0.3 is 9.73 Å². The number of carbonyl (C=O) groups excluding carboxylic acids is 1. The molecule has 1 aromatic heterocycles. The van der Waals surface area contributed by atoms with Gasteiger partial charge in [0.2, 0.25) is 5.91 Å². The highest BCUT2D eigenvalue weighted by Gasteiger charge is 2.06. The number of rotatable bonds is 4. The minimum atomic E-state index is -0.208. The fraction of sp³-hybridized carbons (Fsp3) is 0.0952. The lowest BCUT2D eigenvalue weighted by molar-refractivity contribution is -0.111. The third-order valence-electron chi connectivity index (χ3n) is 3.80. The Bertz CT molecular complexity index is 923. The minimum absolute atomic E-state index is 0.208. The van der Waals surface area contributed by atoms with Crippen LogP contribution in [-0.4, -0.2) is 5.91 Å². The largest absolute Gasteiger partial charge is 0.457 e. The van der Waals surface area contributed by atoms with Gasteiger partial charge in [0.05, 0.1) is 0 Å². The summed E-state index contributed by atoms with van der Waals surface area (Å²) in [5.41, 5.74) is 3.83. The summed E-state index contributed by atoms with van der Waals surface area (Å²) in [4.78, 5) is 12.0. The first-order valence-electron chi connectivity index (χ1n) is 7.93. The molecule has 0 atom stereocenters. The van der Waals surface area contributed by atoms with Crippen LogP contribution in [0, 0.1) is 13.8 Å². The van der Waals surface area contributed by atoms with Crippen LogP contribution in [0.1, 0.15) is 16.9 Å². The van der Waals surface area contributed by atoms with Crippen LogP contribution in [-0.2, 0) is 4.79 Å². The number of anilines is 1. The number of hydrogen-bond donors (Lipinski definition) is 1. The van der Waals surface area contributed by atoms with Gasteiger partial charge in [0, 0.05) is 22.3 Å². The van der Waals surface area contributed by atoms with E-state index in [-0.39, 0.29) is 5.91 Å². The average Bonchev–Trinajstić information content (AvgIpc) is 3.07. The maximum atomic E-state index is 12.0. The fourth-order valence-electron chi connectivity index (χ4n) is 2.32. The first-order chi connectivity index (χ1) is 12.0. The molecule has 3 nitrogen and oxygen atoms in total. The lowest BCUT2D eigenvalue weighted by Gasteiger charge is -2.02. The highest BCUT2D eigenvalue weighted by atomic mass is 35.5. The molecule has 3 aromatic rings. The number of aryl methyl sites for hydroxylation is 2. The Morgan fingerprint density at radius 2 is 1.80 bits per heavy atom. The lowest BCUT2D eigenvalue weighted by Crippen LogP contribution is -2.07.